The summed E-state index contributed by atoms with van der Waals surface area (Å²) in [6, 6.07) is 21.0. The van der Waals surface area contributed by atoms with Gasteiger partial charge in [0.15, 0.2) is 6.20 Å². The molecular formula is C16H14NS+. The zero-order valence-electron chi connectivity index (χ0n) is 10.2. The van der Waals surface area contributed by atoms with E-state index >= 15 is 0 Å². The van der Waals surface area contributed by atoms with Crippen LogP contribution in [0.25, 0.3) is 21.0 Å². The van der Waals surface area contributed by atoms with E-state index in [0.29, 0.717) is 0 Å². The van der Waals surface area contributed by atoms with Crippen molar-refractivity contribution >= 4 is 11.3 Å². The van der Waals surface area contributed by atoms with Crippen LogP contribution in [0.2, 0.25) is 0 Å². The van der Waals surface area contributed by atoms with Crippen LogP contribution in [-0.2, 0) is 7.05 Å². The summed E-state index contributed by atoms with van der Waals surface area (Å²) < 4.78 is 2.20. The van der Waals surface area contributed by atoms with Crippen LogP contribution in [0.4, 0.5) is 0 Å². The Morgan fingerprint density at radius 1 is 0.778 bits per heavy atom. The monoisotopic (exact) mass is 252 g/mol. The Hall–Kier alpha value is -1.93. The van der Waals surface area contributed by atoms with E-state index in [0.717, 1.165) is 0 Å². The molecule has 1 aromatic heterocycles. The van der Waals surface area contributed by atoms with Crippen LogP contribution in [0.1, 0.15) is 0 Å². The summed E-state index contributed by atoms with van der Waals surface area (Å²) in [7, 11) is 2.10. The Balaban J connectivity index is 2.07. The lowest BCUT2D eigenvalue weighted by atomic mass is 10.2. The molecular weight excluding hydrogens is 238 g/mol. The Labute approximate surface area is 111 Å². The highest BCUT2D eigenvalue weighted by Crippen LogP contribution is 2.30. The van der Waals surface area contributed by atoms with Crippen molar-refractivity contribution in [3.8, 4) is 21.0 Å². The van der Waals surface area contributed by atoms with Crippen LogP contribution in [-0.4, -0.2) is 0 Å². The van der Waals surface area contributed by atoms with Crippen molar-refractivity contribution in [2.75, 3.05) is 0 Å². The Kier molecular flexibility index (Phi) is 2.95. The molecule has 1 heterocycles. The molecule has 0 atom stereocenters. The molecule has 1 nitrogen and oxygen atoms in total. The summed E-state index contributed by atoms with van der Waals surface area (Å²) in [5.41, 5.74) is 2.55. The average molecular weight is 252 g/mol. The molecule has 3 rings (SSSR count). The third-order valence-electron chi connectivity index (χ3n) is 2.92. The molecule has 18 heavy (non-hydrogen) atoms. The maximum absolute atomic E-state index is 2.20. The topological polar surface area (TPSA) is 3.88 Å². The Morgan fingerprint density at radius 3 is 1.94 bits per heavy atom. The minimum atomic E-state index is 1.27. The first kappa shape index (κ1) is 11.2. The van der Waals surface area contributed by atoms with Gasteiger partial charge in [0.2, 0.25) is 0 Å². The normalized spacial score (nSPS) is 10.5. The number of rotatable bonds is 2. The summed E-state index contributed by atoms with van der Waals surface area (Å²) in [4.78, 5) is 1.30. The first-order chi connectivity index (χ1) is 8.84. The van der Waals surface area contributed by atoms with Gasteiger partial charge in [-0.05, 0) is 17.7 Å². The first-order valence-corrected chi connectivity index (χ1v) is 6.76. The first-order valence-electron chi connectivity index (χ1n) is 5.95. The van der Waals surface area contributed by atoms with E-state index in [9.17, 15) is 0 Å². The summed E-state index contributed by atoms with van der Waals surface area (Å²) in [5, 5.41) is 1.29. The molecule has 0 aliphatic rings. The van der Waals surface area contributed by atoms with E-state index in [2.05, 4.69) is 78.5 Å². The van der Waals surface area contributed by atoms with Gasteiger partial charge in [0.1, 0.15) is 11.9 Å². The molecule has 2 aromatic carbocycles. The van der Waals surface area contributed by atoms with E-state index in [-0.39, 0.29) is 0 Å². The van der Waals surface area contributed by atoms with Crippen LogP contribution in [0.5, 0.6) is 0 Å². The van der Waals surface area contributed by atoms with Crippen molar-refractivity contribution in [2.24, 2.45) is 7.05 Å². The molecule has 0 saturated carbocycles. The van der Waals surface area contributed by atoms with Gasteiger partial charge in [-0.1, -0.05) is 59.9 Å². The van der Waals surface area contributed by atoms with Gasteiger partial charge in [-0.25, -0.2) is 0 Å². The quantitative estimate of drug-likeness (QED) is 0.609. The van der Waals surface area contributed by atoms with Crippen molar-refractivity contribution in [1.82, 2.24) is 0 Å². The van der Waals surface area contributed by atoms with E-state index in [4.69, 9.17) is 0 Å². The van der Waals surface area contributed by atoms with Gasteiger partial charge >= 0.3 is 0 Å². The largest absolute Gasteiger partial charge is 0.269 e. The number of benzene rings is 2. The minimum Gasteiger partial charge on any atom is -0.191 e. The highest BCUT2D eigenvalue weighted by Gasteiger charge is 2.16. The van der Waals surface area contributed by atoms with Gasteiger partial charge in [-0.15, -0.1) is 0 Å². The molecule has 0 saturated heterocycles. The molecule has 0 bridgehead atoms. The summed E-state index contributed by atoms with van der Waals surface area (Å²) >= 11 is 1.83. The number of nitrogens with zero attached hydrogens (tertiary/aromatic N) is 1. The van der Waals surface area contributed by atoms with Gasteiger partial charge < -0.3 is 0 Å². The van der Waals surface area contributed by atoms with Crippen molar-refractivity contribution in [3.63, 3.8) is 0 Å². The third-order valence-corrected chi connectivity index (χ3v) is 4.19. The highest BCUT2D eigenvalue weighted by molar-refractivity contribution is 7.17. The second kappa shape index (κ2) is 4.75. The van der Waals surface area contributed by atoms with Crippen LogP contribution in [0, 0.1) is 0 Å². The summed E-state index contributed by atoms with van der Waals surface area (Å²) in [6.45, 7) is 0. The van der Waals surface area contributed by atoms with Gasteiger partial charge in [-0.2, -0.15) is 4.57 Å². The molecule has 0 N–H and O–H groups in total. The fourth-order valence-corrected chi connectivity index (χ4v) is 3.14. The van der Waals surface area contributed by atoms with E-state index in [1.807, 2.05) is 11.3 Å². The van der Waals surface area contributed by atoms with Crippen LogP contribution >= 0.6 is 11.3 Å². The fraction of sp³-hybridized carbons (Fsp3) is 0.0625. The Bertz CT molecular complexity index is 641. The minimum absolute atomic E-state index is 1.27. The van der Waals surface area contributed by atoms with Crippen molar-refractivity contribution in [3.05, 3.63) is 66.9 Å². The van der Waals surface area contributed by atoms with E-state index < -0.39 is 0 Å². The maximum atomic E-state index is 2.20. The van der Waals surface area contributed by atoms with Crippen molar-refractivity contribution < 1.29 is 4.57 Å². The lowest BCUT2D eigenvalue weighted by Gasteiger charge is -1.92. The zero-order chi connectivity index (χ0) is 12.4. The number of aromatic nitrogens is 1. The third kappa shape index (κ3) is 2.07. The molecule has 88 valence electrons. The Morgan fingerprint density at radius 2 is 1.33 bits per heavy atom. The highest BCUT2D eigenvalue weighted by atomic mass is 32.1. The molecule has 0 fully saturated rings. The number of thiazole rings is 1. The van der Waals surface area contributed by atoms with Gasteiger partial charge in [-0.3, -0.25) is 0 Å². The lowest BCUT2D eigenvalue weighted by Crippen LogP contribution is -2.26. The van der Waals surface area contributed by atoms with Crippen LogP contribution in [0.3, 0.4) is 0 Å². The van der Waals surface area contributed by atoms with Gasteiger partial charge in [0, 0.05) is 0 Å². The number of aryl methyl sites for hydroxylation is 1. The molecule has 0 spiro atoms. The molecule has 3 aromatic rings. The predicted octanol–water partition coefficient (Wildman–Crippen LogP) is 3.91. The molecule has 0 aliphatic heterocycles. The molecule has 0 unspecified atom stereocenters. The van der Waals surface area contributed by atoms with Gasteiger partial charge in [0.25, 0.3) is 5.01 Å². The smallest absolute Gasteiger partial charge is 0.191 e. The number of hydrogen-bond acceptors (Lipinski definition) is 1. The second-order valence-electron chi connectivity index (χ2n) is 4.24. The molecule has 0 amide bonds. The fourth-order valence-electron chi connectivity index (χ4n) is 2.02. The van der Waals surface area contributed by atoms with Crippen molar-refractivity contribution in [1.29, 1.82) is 0 Å². The van der Waals surface area contributed by atoms with E-state index in [1.54, 1.807) is 0 Å². The second-order valence-corrected chi connectivity index (χ2v) is 5.27. The molecule has 0 radical (unpaired) electrons. The summed E-state index contributed by atoms with van der Waals surface area (Å²) in [6.07, 6.45) is 2.20. The van der Waals surface area contributed by atoms with Crippen LogP contribution < -0.4 is 4.57 Å². The lowest BCUT2D eigenvalue weighted by molar-refractivity contribution is -0.655. The summed E-state index contributed by atoms with van der Waals surface area (Å²) in [5.74, 6) is 0. The SMILES string of the molecule is C[n+]1cc(-c2ccccc2)sc1-c1ccccc1. The van der Waals surface area contributed by atoms with Gasteiger partial charge in [0.05, 0.1) is 5.56 Å². The maximum Gasteiger partial charge on any atom is 0.269 e. The number of hydrogen-bond donors (Lipinski definition) is 0. The average Bonchev–Trinajstić information content (AvgIpc) is 2.83. The predicted molar refractivity (Wildman–Crippen MR) is 76.4 cm³/mol. The molecule has 2 heteroatoms. The molecule has 0 aliphatic carbocycles. The van der Waals surface area contributed by atoms with Crippen LogP contribution in [0.15, 0.2) is 66.9 Å². The van der Waals surface area contributed by atoms with Crippen molar-refractivity contribution in [2.45, 2.75) is 0 Å². The standard InChI is InChI=1S/C16H14NS/c1-17-12-15(13-8-4-2-5-9-13)18-16(17)14-10-6-3-7-11-14/h2-12H,1H3/q+1. The zero-order valence-corrected chi connectivity index (χ0v) is 11.0. The van der Waals surface area contributed by atoms with E-state index in [1.165, 1.54) is 21.0 Å².